The molecule has 1 saturated heterocycles. The van der Waals surface area contributed by atoms with E-state index < -0.39 is 10.0 Å². The molecule has 0 aromatic carbocycles. The van der Waals surface area contributed by atoms with Crippen LogP contribution in [0.25, 0.3) is 0 Å². The lowest BCUT2D eigenvalue weighted by Gasteiger charge is -2.29. The summed E-state index contributed by atoms with van der Waals surface area (Å²) < 4.78 is 33.1. The van der Waals surface area contributed by atoms with Crippen molar-refractivity contribution in [1.29, 1.82) is 0 Å². The number of hydrogen-bond donors (Lipinski definition) is 1. The number of nitrogens with zero attached hydrogens (tertiary/aromatic N) is 2. The average Bonchev–Trinajstić information content (AvgIpc) is 2.82. The third-order valence-electron chi connectivity index (χ3n) is 4.87. The van der Waals surface area contributed by atoms with Crippen molar-refractivity contribution in [2.24, 2.45) is 5.92 Å². The Kier molecular flexibility index (Phi) is 5.68. The van der Waals surface area contributed by atoms with Gasteiger partial charge in [0.1, 0.15) is 0 Å². The molecule has 134 valence electrons. The molecule has 0 spiro atoms. The van der Waals surface area contributed by atoms with E-state index >= 15 is 0 Å². The Hall–Kier alpha value is -1.25. The molecule has 24 heavy (non-hydrogen) atoms. The zero-order valence-corrected chi connectivity index (χ0v) is 14.6. The highest BCUT2D eigenvalue weighted by molar-refractivity contribution is 7.89. The number of H-pyrrole nitrogens is 1. The van der Waals surface area contributed by atoms with Crippen LogP contribution in [-0.4, -0.2) is 54.2 Å². The minimum Gasteiger partial charge on any atom is -0.380 e. The van der Waals surface area contributed by atoms with Crippen molar-refractivity contribution in [3.8, 4) is 0 Å². The van der Waals surface area contributed by atoms with Crippen molar-refractivity contribution >= 4 is 10.0 Å². The van der Waals surface area contributed by atoms with Gasteiger partial charge in [0.15, 0.2) is 0 Å². The molecule has 1 aromatic rings. The van der Waals surface area contributed by atoms with Crippen LogP contribution >= 0.6 is 0 Å². The molecule has 1 N–H and O–H groups in total. The zero-order valence-electron chi connectivity index (χ0n) is 13.8. The normalized spacial score (nSPS) is 24.6. The Morgan fingerprint density at radius 3 is 2.83 bits per heavy atom. The van der Waals surface area contributed by atoms with E-state index in [0.717, 1.165) is 32.1 Å². The topological polar surface area (TPSA) is 92.4 Å². The van der Waals surface area contributed by atoms with E-state index in [4.69, 9.17) is 4.74 Å². The fourth-order valence-electron chi connectivity index (χ4n) is 3.59. The number of hydrogen-bond acceptors (Lipinski definition) is 5. The van der Waals surface area contributed by atoms with E-state index in [1.165, 1.54) is 12.4 Å². The molecule has 0 amide bonds. The summed E-state index contributed by atoms with van der Waals surface area (Å²) in [4.78, 5) is 18.1. The monoisotopic (exact) mass is 355 g/mol. The molecule has 0 unspecified atom stereocenters. The smallest absolute Gasteiger partial charge is 0.250 e. The molecule has 1 aliphatic heterocycles. The molecule has 3 rings (SSSR count). The van der Waals surface area contributed by atoms with E-state index in [1.807, 2.05) is 0 Å². The molecule has 7 nitrogen and oxygen atoms in total. The summed E-state index contributed by atoms with van der Waals surface area (Å²) in [5, 5.41) is -0.248. The molecule has 2 heterocycles. The van der Waals surface area contributed by atoms with Gasteiger partial charge in [-0.3, -0.25) is 4.79 Å². The highest BCUT2D eigenvalue weighted by Gasteiger charge is 2.35. The maximum Gasteiger partial charge on any atom is 0.250 e. The molecular formula is C16H25N3O4S. The number of nitrogens with one attached hydrogen (secondary N) is 1. The van der Waals surface area contributed by atoms with Crippen molar-refractivity contribution in [2.45, 2.75) is 43.8 Å². The first kappa shape index (κ1) is 17.6. The summed E-state index contributed by atoms with van der Waals surface area (Å²) in [5.74, 6) is 0.0140. The summed E-state index contributed by atoms with van der Waals surface area (Å²) in [6.45, 7) is 1.77. The summed E-state index contributed by atoms with van der Waals surface area (Å²) in [6, 6.07) is 1.46. The van der Waals surface area contributed by atoms with Gasteiger partial charge in [0, 0.05) is 30.8 Å². The van der Waals surface area contributed by atoms with Crippen LogP contribution in [0.3, 0.4) is 0 Å². The average molecular weight is 355 g/mol. The first-order valence-electron chi connectivity index (χ1n) is 8.66. The van der Waals surface area contributed by atoms with Gasteiger partial charge in [0.25, 0.3) is 5.56 Å². The van der Waals surface area contributed by atoms with Gasteiger partial charge in [-0.05, 0) is 19.3 Å². The first-order chi connectivity index (χ1) is 11.6. The number of aromatic nitrogens is 2. The van der Waals surface area contributed by atoms with E-state index in [1.54, 1.807) is 4.31 Å². The van der Waals surface area contributed by atoms with Crippen LogP contribution in [0.15, 0.2) is 17.2 Å². The predicted octanol–water partition coefficient (Wildman–Crippen LogP) is 0.923. The zero-order chi connectivity index (χ0) is 17.0. The van der Waals surface area contributed by atoms with Gasteiger partial charge in [-0.15, -0.1) is 0 Å². The number of aromatic amines is 1. The maximum atomic E-state index is 12.9. The maximum absolute atomic E-state index is 12.9. The van der Waals surface area contributed by atoms with Crippen molar-refractivity contribution < 1.29 is 13.2 Å². The molecule has 1 atom stereocenters. The van der Waals surface area contributed by atoms with E-state index in [-0.39, 0.29) is 16.7 Å². The van der Waals surface area contributed by atoms with Crippen molar-refractivity contribution in [3.05, 3.63) is 28.4 Å². The fourth-order valence-corrected chi connectivity index (χ4v) is 5.69. The summed E-state index contributed by atoms with van der Waals surface area (Å²) in [5.41, 5.74) is 0.477. The van der Waals surface area contributed by atoms with Gasteiger partial charge < -0.3 is 9.72 Å². The standard InChI is InChI=1S/C16H25N3O4S/c20-16-9-14(17-12-18-16)8-13-10-19(6-7-23-11-13)24(21,22)15-4-2-1-3-5-15/h9,12-13,15H,1-8,10-11H2,(H,17,18,20)/t13-/m0/s1. The highest BCUT2D eigenvalue weighted by Crippen LogP contribution is 2.27. The van der Waals surface area contributed by atoms with E-state index in [0.29, 0.717) is 38.4 Å². The Morgan fingerprint density at radius 1 is 1.29 bits per heavy atom. The first-order valence-corrected chi connectivity index (χ1v) is 10.2. The number of sulfonamides is 1. The minimum atomic E-state index is -3.28. The van der Waals surface area contributed by atoms with Crippen LogP contribution in [0.5, 0.6) is 0 Å². The lowest BCUT2D eigenvalue weighted by atomic mass is 10.0. The molecule has 0 radical (unpaired) electrons. The van der Waals surface area contributed by atoms with Crippen LogP contribution in [0.2, 0.25) is 0 Å². The number of rotatable bonds is 4. The van der Waals surface area contributed by atoms with Gasteiger partial charge in [0.2, 0.25) is 10.0 Å². The van der Waals surface area contributed by atoms with E-state index in [9.17, 15) is 13.2 Å². The van der Waals surface area contributed by atoms with Crippen LogP contribution in [0.4, 0.5) is 0 Å². The third kappa shape index (κ3) is 4.23. The van der Waals surface area contributed by atoms with Crippen LogP contribution in [0.1, 0.15) is 37.8 Å². The molecular weight excluding hydrogens is 330 g/mol. The minimum absolute atomic E-state index is 0.0140. The molecule has 1 aromatic heterocycles. The van der Waals surface area contributed by atoms with Crippen molar-refractivity contribution in [3.63, 3.8) is 0 Å². The summed E-state index contributed by atoms with van der Waals surface area (Å²) >= 11 is 0. The van der Waals surface area contributed by atoms with Gasteiger partial charge >= 0.3 is 0 Å². The van der Waals surface area contributed by atoms with E-state index in [2.05, 4.69) is 9.97 Å². The Bertz CT molecular complexity index is 697. The Balaban J connectivity index is 1.71. The molecule has 2 aliphatic rings. The van der Waals surface area contributed by atoms with Crippen LogP contribution < -0.4 is 5.56 Å². The second-order valence-corrected chi connectivity index (χ2v) is 8.92. The number of ether oxygens (including phenoxy) is 1. The SMILES string of the molecule is O=c1cc(C[C@@H]2COCCN(S(=O)(=O)C3CCCCC3)C2)nc[nH]1. The van der Waals surface area contributed by atoms with Gasteiger partial charge in [-0.25, -0.2) is 13.4 Å². The quantitative estimate of drug-likeness (QED) is 0.867. The Labute approximate surface area is 142 Å². The van der Waals surface area contributed by atoms with Crippen LogP contribution in [-0.2, 0) is 21.2 Å². The molecule has 8 heteroatoms. The molecule has 1 aliphatic carbocycles. The van der Waals surface area contributed by atoms with Crippen LogP contribution in [0, 0.1) is 5.92 Å². The van der Waals surface area contributed by atoms with Gasteiger partial charge in [-0.1, -0.05) is 19.3 Å². The summed E-state index contributed by atoms with van der Waals surface area (Å²) in [7, 11) is -3.28. The van der Waals surface area contributed by atoms with Crippen molar-refractivity contribution in [2.75, 3.05) is 26.3 Å². The summed E-state index contributed by atoms with van der Waals surface area (Å²) in [6.07, 6.45) is 6.57. The lowest BCUT2D eigenvalue weighted by Crippen LogP contribution is -2.42. The fraction of sp³-hybridized carbons (Fsp3) is 0.750. The largest absolute Gasteiger partial charge is 0.380 e. The van der Waals surface area contributed by atoms with Gasteiger partial charge in [0.05, 0.1) is 24.8 Å². The molecule has 2 fully saturated rings. The van der Waals surface area contributed by atoms with Gasteiger partial charge in [-0.2, -0.15) is 4.31 Å². The second kappa shape index (κ2) is 7.76. The second-order valence-electron chi connectivity index (χ2n) is 6.71. The van der Waals surface area contributed by atoms with Crippen molar-refractivity contribution in [1.82, 2.24) is 14.3 Å². The highest BCUT2D eigenvalue weighted by atomic mass is 32.2. The Morgan fingerprint density at radius 2 is 2.08 bits per heavy atom. The third-order valence-corrected chi connectivity index (χ3v) is 7.23. The molecule has 1 saturated carbocycles. The predicted molar refractivity (Wildman–Crippen MR) is 90.2 cm³/mol. The lowest BCUT2D eigenvalue weighted by molar-refractivity contribution is 0.122. The molecule has 0 bridgehead atoms.